The lowest BCUT2D eigenvalue weighted by Gasteiger charge is -2.07. The van der Waals surface area contributed by atoms with Crippen molar-refractivity contribution in [2.24, 2.45) is 0 Å². The van der Waals surface area contributed by atoms with Gasteiger partial charge in [0, 0.05) is 6.42 Å². The van der Waals surface area contributed by atoms with Crippen LogP contribution in [0.3, 0.4) is 0 Å². The minimum absolute atomic E-state index is 1.23. The molecule has 0 unspecified atom stereocenters. The summed E-state index contributed by atoms with van der Waals surface area (Å²) in [5.74, 6) is 1.63. The first kappa shape index (κ1) is 43.2. The first-order valence-corrected chi connectivity index (χ1v) is 21.9. The van der Waals surface area contributed by atoms with Crippen LogP contribution in [0.1, 0.15) is 251 Å². The molecule has 0 amide bonds. The van der Waals surface area contributed by atoms with Crippen molar-refractivity contribution in [3.05, 3.63) is 18.2 Å². The smallest absolute Gasteiger partial charge is 0.234 e. The fourth-order valence-electron chi connectivity index (χ4n) is 7.39. The number of imidazole rings is 1. The average Bonchev–Trinajstić information content (AvgIpc) is 3.45. The number of rotatable bonds is 38. The zero-order valence-corrected chi connectivity index (χ0v) is 32.4. The van der Waals surface area contributed by atoms with Crippen molar-refractivity contribution >= 4 is 0 Å². The van der Waals surface area contributed by atoms with Crippen molar-refractivity contribution in [1.29, 1.82) is 0 Å². The van der Waals surface area contributed by atoms with Crippen LogP contribution in [-0.2, 0) is 19.5 Å². The van der Waals surface area contributed by atoms with Crippen molar-refractivity contribution < 1.29 is 4.57 Å². The van der Waals surface area contributed by atoms with E-state index < -0.39 is 0 Å². The summed E-state index contributed by atoms with van der Waals surface area (Å²) in [5, 5.41) is 0. The maximum Gasteiger partial charge on any atom is 0.256 e. The summed E-state index contributed by atoms with van der Waals surface area (Å²) in [6, 6.07) is 0. The van der Waals surface area contributed by atoms with Gasteiger partial charge in [-0.1, -0.05) is 213 Å². The Morgan fingerprint density at radius 2 is 0.674 bits per heavy atom. The third-order valence-electron chi connectivity index (χ3n) is 10.6. The van der Waals surface area contributed by atoms with Crippen molar-refractivity contribution in [1.82, 2.24) is 4.57 Å². The lowest BCUT2D eigenvalue weighted by molar-refractivity contribution is -0.704. The van der Waals surface area contributed by atoms with Crippen molar-refractivity contribution in [3.8, 4) is 0 Å². The van der Waals surface area contributed by atoms with E-state index in [1.165, 1.54) is 244 Å². The Labute approximate surface area is 291 Å². The first-order chi connectivity index (χ1) is 22.8. The minimum atomic E-state index is 1.23. The van der Waals surface area contributed by atoms with E-state index in [9.17, 15) is 0 Å². The predicted molar refractivity (Wildman–Crippen MR) is 207 cm³/mol. The molecule has 2 heteroatoms. The van der Waals surface area contributed by atoms with Gasteiger partial charge >= 0.3 is 0 Å². The highest BCUT2D eigenvalue weighted by Crippen LogP contribution is 2.16. The molecule has 272 valence electrons. The van der Waals surface area contributed by atoms with E-state index >= 15 is 0 Å². The highest BCUT2D eigenvalue weighted by Gasteiger charge is 2.16. The molecule has 0 aromatic carbocycles. The topological polar surface area (TPSA) is 8.81 Å². The number of hydrogen-bond donors (Lipinski definition) is 0. The zero-order chi connectivity index (χ0) is 33.0. The number of unbranched alkanes of at least 4 members (excludes halogenated alkanes) is 32. The summed E-state index contributed by atoms with van der Waals surface area (Å²) in [7, 11) is 0. The van der Waals surface area contributed by atoms with Crippen LogP contribution in [0.15, 0.2) is 12.4 Å². The Hall–Kier alpha value is -0.790. The van der Waals surface area contributed by atoms with Gasteiger partial charge in [-0.25, -0.2) is 9.13 Å². The van der Waals surface area contributed by atoms with Crippen LogP contribution in [0.4, 0.5) is 0 Å². The molecule has 0 bridgehead atoms. The number of nitrogens with zero attached hydrogens (tertiary/aromatic N) is 2. The van der Waals surface area contributed by atoms with Crippen LogP contribution in [0, 0.1) is 0 Å². The molecule has 2 nitrogen and oxygen atoms in total. The van der Waals surface area contributed by atoms with E-state index in [1.54, 1.807) is 5.82 Å². The van der Waals surface area contributed by atoms with E-state index in [1.807, 2.05) is 0 Å². The van der Waals surface area contributed by atoms with Gasteiger partial charge in [-0.05, 0) is 32.1 Å². The van der Waals surface area contributed by atoms with Gasteiger partial charge in [-0.2, -0.15) is 0 Å². The number of hydrogen-bond acceptors (Lipinski definition) is 0. The summed E-state index contributed by atoms with van der Waals surface area (Å²) in [6.07, 6.45) is 56.3. The second-order valence-electron chi connectivity index (χ2n) is 15.2. The van der Waals surface area contributed by atoms with Gasteiger partial charge in [0.25, 0.3) is 5.82 Å². The van der Waals surface area contributed by atoms with Crippen molar-refractivity contribution in [2.45, 2.75) is 265 Å². The van der Waals surface area contributed by atoms with E-state index in [0.29, 0.717) is 0 Å². The molecule has 0 aliphatic carbocycles. The van der Waals surface area contributed by atoms with E-state index in [2.05, 4.69) is 42.3 Å². The molecule has 1 aromatic rings. The highest BCUT2D eigenvalue weighted by molar-refractivity contribution is 4.84. The molecule has 0 saturated heterocycles. The van der Waals surface area contributed by atoms with Crippen LogP contribution < -0.4 is 4.57 Å². The number of aryl methyl sites for hydroxylation is 2. The molecule has 0 atom stereocenters. The van der Waals surface area contributed by atoms with E-state index in [0.717, 1.165) is 0 Å². The van der Waals surface area contributed by atoms with Gasteiger partial charge in [-0.3, -0.25) is 0 Å². The molecule has 0 saturated carbocycles. The third-order valence-corrected chi connectivity index (χ3v) is 10.6. The predicted octanol–water partition coefficient (Wildman–Crippen LogP) is 15.0. The molecular formula is C44H87N2+. The van der Waals surface area contributed by atoms with Gasteiger partial charge in [0.05, 0.1) is 13.1 Å². The van der Waals surface area contributed by atoms with Gasteiger partial charge in [-0.15, -0.1) is 0 Å². The van der Waals surface area contributed by atoms with Crippen molar-refractivity contribution in [3.63, 3.8) is 0 Å². The third kappa shape index (κ3) is 27.2. The zero-order valence-electron chi connectivity index (χ0n) is 32.4. The highest BCUT2D eigenvalue weighted by atomic mass is 15.1. The van der Waals surface area contributed by atoms with Crippen LogP contribution in [0.25, 0.3) is 0 Å². The molecule has 0 aliphatic heterocycles. The lowest BCUT2D eigenvalue weighted by atomic mass is 10.0. The Kier molecular flexibility index (Phi) is 33.4. The molecule has 1 rings (SSSR count). The Morgan fingerprint density at radius 1 is 0.370 bits per heavy atom. The molecule has 0 N–H and O–H groups in total. The normalized spacial score (nSPS) is 11.6. The maximum atomic E-state index is 2.65. The Morgan fingerprint density at radius 3 is 1.04 bits per heavy atom. The number of aromatic nitrogens is 2. The van der Waals surface area contributed by atoms with E-state index in [4.69, 9.17) is 0 Å². The molecule has 1 aromatic heterocycles. The molecule has 46 heavy (non-hydrogen) atoms. The molecule has 1 heterocycles. The summed E-state index contributed by atoms with van der Waals surface area (Å²) >= 11 is 0. The monoisotopic (exact) mass is 644 g/mol. The SMILES string of the molecule is CCCCCCCCCCCCCCCCn1cc[n+](CCCCCCCCCCCC)c1CCCCCCCCCCCCC. The standard InChI is InChI=1S/C44H87N2/c1-4-7-10-13-16-19-22-23-24-26-29-32-35-38-41-46-43-42-45(40-37-34-31-28-21-18-15-12-9-6-3)44(46)39-36-33-30-27-25-20-17-14-11-8-5-2/h42-43H,4-41H2,1-3H3/q+1. The quantitative estimate of drug-likeness (QED) is 0.0501. The first-order valence-electron chi connectivity index (χ1n) is 21.9. The van der Waals surface area contributed by atoms with Gasteiger partial charge in [0.1, 0.15) is 12.4 Å². The maximum absolute atomic E-state index is 2.65. The van der Waals surface area contributed by atoms with E-state index in [-0.39, 0.29) is 0 Å². The van der Waals surface area contributed by atoms with Crippen molar-refractivity contribution in [2.75, 3.05) is 0 Å². The van der Waals surface area contributed by atoms with Crippen LogP contribution >= 0.6 is 0 Å². The second-order valence-corrected chi connectivity index (χ2v) is 15.2. The summed E-state index contributed by atoms with van der Waals surface area (Å²) < 4.78 is 5.29. The second kappa shape index (κ2) is 35.5. The van der Waals surface area contributed by atoms with Gasteiger partial charge in [0.2, 0.25) is 0 Å². The summed E-state index contributed by atoms with van der Waals surface area (Å²) in [4.78, 5) is 0. The Bertz CT molecular complexity index is 707. The lowest BCUT2D eigenvalue weighted by Crippen LogP contribution is -2.37. The fourth-order valence-corrected chi connectivity index (χ4v) is 7.39. The largest absolute Gasteiger partial charge is 0.256 e. The fraction of sp³-hybridized carbons (Fsp3) is 0.932. The average molecular weight is 644 g/mol. The minimum Gasteiger partial charge on any atom is -0.234 e. The molecular weight excluding hydrogens is 556 g/mol. The molecule has 0 spiro atoms. The molecule has 0 fully saturated rings. The molecule has 0 radical (unpaired) electrons. The van der Waals surface area contributed by atoms with Gasteiger partial charge in [0.15, 0.2) is 0 Å². The van der Waals surface area contributed by atoms with Crippen LogP contribution in [0.5, 0.6) is 0 Å². The Balaban J connectivity index is 2.28. The van der Waals surface area contributed by atoms with Crippen LogP contribution in [0.2, 0.25) is 0 Å². The summed E-state index contributed by atoms with van der Waals surface area (Å²) in [5.41, 5.74) is 0. The molecule has 0 aliphatic rings. The van der Waals surface area contributed by atoms with Crippen LogP contribution in [-0.4, -0.2) is 4.57 Å². The van der Waals surface area contributed by atoms with Gasteiger partial charge < -0.3 is 0 Å². The summed E-state index contributed by atoms with van der Waals surface area (Å²) in [6.45, 7) is 9.41.